The molecule has 1 heterocycles. The average Bonchev–Trinajstić information content (AvgIpc) is 3.22. The molecule has 9 heteroatoms. The van der Waals surface area contributed by atoms with Gasteiger partial charge in [0, 0.05) is 6.42 Å². The van der Waals surface area contributed by atoms with E-state index in [0.29, 0.717) is 6.42 Å². The van der Waals surface area contributed by atoms with E-state index >= 15 is 0 Å². The molecule has 0 radical (unpaired) electrons. The van der Waals surface area contributed by atoms with Crippen LogP contribution < -0.4 is 5.32 Å². The van der Waals surface area contributed by atoms with E-state index in [0.717, 1.165) is 38.5 Å². The van der Waals surface area contributed by atoms with Gasteiger partial charge in [-0.3, -0.25) is 4.79 Å². The number of amides is 1. The van der Waals surface area contributed by atoms with Crippen LogP contribution in [0.25, 0.3) is 0 Å². The van der Waals surface area contributed by atoms with Gasteiger partial charge in [-0.1, -0.05) is 225 Å². The number of hydrogen-bond donors (Lipinski definition) is 6. The number of aliphatic hydroxyl groups is 5. The molecule has 1 aliphatic rings. The highest BCUT2D eigenvalue weighted by molar-refractivity contribution is 5.76. The van der Waals surface area contributed by atoms with Gasteiger partial charge in [0.2, 0.25) is 5.91 Å². The Hall–Kier alpha value is -1.07. The number of carbonyl (C=O) groups excluding carboxylic acids is 1. The molecular formula is C49H95NO8. The van der Waals surface area contributed by atoms with Crippen LogP contribution >= 0.6 is 0 Å². The summed E-state index contributed by atoms with van der Waals surface area (Å²) in [6.45, 7) is 3.75. The number of ether oxygens (including phenoxy) is 2. The summed E-state index contributed by atoms with van der Waals surface area (Å²) in [4.78, 5) is 12.9. The molecule has 7 atom stereocenters. The van der Waals surface area contributed by atoms with E-state index in [1.54, 1.807) is 6.08 Å². The number of hydrogen-bond acceptors (Lipinski definition) is 8. The highest BCUT2D eigenvalue weighted by Gasteiger charge is 2.44. The fourth-order valence-corrected chi connectivity index (χ4v) is 8.10. The van der Waals surface area contributed by atoms with Gasteiger partial charge in [0.15, 0.2) is 6.29 Å². The van der Waals surface area contributed by atoms with Gasteiger partial charge in [-0.05, 0) is 19.3 Å². The second kappa shape index (κ2) is 40.0. The summed E-state index contributed by atoms with van der Waals surface area (Å²) in [5.74, 6) is -0.180. The van der Waals surface area contributed by atoms with Gasteiger partial charge in [0.1, 0.15) is 24.4 Å². The molecule has 9 nitrogen and oxygen atoms in total. The Kier molecular flexibility index (Phi) is 37.9. The molecule has 0 aromatic rings. The van der Waals surface area contributed by atoms with Gasteiger partial charge in [-0.2, -0.15) is 0 Å². The van der Waals surface area contributed by atoms with Crippen molar-refractivity contribution >= 4 is 5.91 Å². The third-order valence-corrected chi connectivity index (χ3v) is 12.1. The Morgan fingerprint density at radius 1 is 0.569 bits per heavy atom. The first-order chi connectivity index (χ1) is 28.3. The minimum Gasteiger partial charge on any atom is -0.394 e. The summed E-state index contributed by atoms with van der Waals surface area (Å²) >= 11 is 0. The second-order valence-electron chi connectivity index (χ2n) is 17.6. The second-order valence-corrected chi connectivity index (χ2v) is 17.6. The molecule has 0 aliphatic carbocycles. The van der Waals surface area contributed by atoms with E-state index in [1.807, 2.05) is 6.08 Å². The van der Waals surface area contributed by atoms with E-state index in [1.165, 1.54) is 180 Å². The first-order valence-electron chi connectivity index (χ1n) is 24.9. The molecule has 1 saturated heterocycles. The van der Waals surface area contributed by atoms with E-state index < -0.39 is 49.5 Å². The zero-order chi connectivity index (χ0) is 42.3. The highest BCUT2D eigenvalue weighted by Crippen LogP contribution is 2.23. The summed E-state index contributed by atoms with van der Waals surface area (Å²) in [7, 11) is 0. The minimum atomic E-state index is -1.56. The van der Waals surface area contributed by atoms with Gasteiger partial charge in [-0.25, -0.2) is 0 Å². The fourth-order valence-electron chi connectivity index (χ4n) is 8.10. The van der Waals surface area contributed by atoms with Crippen molar-refractivity contribution in [2.45, 2.75) is 281 Å². The molecule has 344 valence electrons. The zero-order valence-corrected chi connectivity index (χ0v) is 37.8. The normalized spacial score (nSPS) is 20.8. The molecule has 1 fully saturated rings. The Morgan fingerprint density at radius 2 is 0.948 bits per heavy atom. The molecule has 0 aromatic carbocycles. The minimum absolute atomic E-state index is 0.180. The van der Waals surface area contributed by atoms with Crippen LogP contribution in [0.15, 0.2) is 12.2 Å². The number of rotatable bonds is 42. The Morgan fingerprint density at radius 3 is 1.34 bits per heavy atom. The summed E-state index contributed by atoms with van der Waals surface area (Å²) in [5.41, 5.74) is 0. The molecule has 0 aromatic heterocycles. The lowest BCUT2D eigenvalue weighted by atomic mass is 9.99. The summed E-state index contributed by atoms with van der Waals surface area (Å²) in [6, 6.07) is -0.797. The van der Waals surface area contributed by atoms with Gasteiger partial charge in [0.05, 0.1) is 25.4 Å². The van der Waals surface area contributed by atoms with Crippen molar-refractivity contribution in [1.82, 2.24) is 5.32 Å². The maximum absolute atomic E-state index is 12.9. The molecule has 1 aliphatic heterocycles. The van der Waals surface area contributed by atoms with Crippen molar-refractivity contribution in [2.24, 2.45) is 0 Å². The largest absolute Gasteiger partial charge is 0.394 e. The highest BCUT2D eigenvalue weighted by atomic mass is 16.7. The fraction of sp³-hybridized carbons (Fsp3) is 0.939. The number of allylic oxidation sites excluding steroid dienone is 1. The molecule has 58 heavy (non-hydrogen) atoms. The monoisotopic (exact) mass is 826 g/mol. The van der Waals surface area contributed by atoms with Gasteiger partial charge >= 0.3 is 0 Å². The van der Waals surface area contributed by atoms with Crippen molar-refractivity contribution in [2.75, 3.05) is 13.2 Å². The first kappa shape index (κ1) is 54.9. The van der Waals surface area contributed by atoms with Crippen LogP contribution in [0.1, 0.15) is 239 Å². The lowest BCUT2D eigenvalue weighted by molar-refractivity contribution is -0.302. The van der Waals surface area contributed by atoms with Gasteiger partial charge < -0.3 is 40.3 Å². The summed E-state index contributed by atoms with van der Waals surface area (Å²) < 4.78 is 11.2. The van der Waals surface area contributed by atoms with Crippen molar-refractivity contribution in [3.8, 4) is 0 Å². The third-order valence-electron chi connectivity index (χ3n) is 12.1. The van der Waals surface area contributed by atoms with Crippen molar-refractivity contribution < 1.29 is 39.8 Å². The maximum Gasteiger partial charge on any atom is 0.220 e. The average molecular weight is 826 g/mol. The quantitative estimate of drug-likeness (QED) is 0.0263. The number of carbonyl (C=O) groups is 1. The predicted molar refractivity (Wildman–Crippen MR) is 240 cm³/mol. The maximum atomic E-state index is 12.9. The molecule has 0 bridgehead atoms. The van der Waals surface area contributed by atoms with Crippen LogP contribution in [0.2, 0.25) is 0 Å². The SMILES string of the molecule is CCCCCCCCCCCCCCCCCCCCCCCCCCC/C=C/C(O)C(COC1OC(CO)C(O)C(O)C1O)NC(=O)CCCCCCCCCC. The van der Waals surface area contributed by atoms with E-state index in [9.17, 15) is 30.3 Å². The third kappa shape index (κ3) is 30.0. The standard InChI is InChI=1S/C49H95NO8/c1-3-5-7-9-11-13-14-15-16-17-18-19-20-21-22-23-24-25-26-27-28-29-30-31-32-34-36-38-43(52)42(50-45(53)39-37-35-33-12-10-8-6-4-2)41-57-49-48(56)47(55)46(54)44(40-51)58-49/h36,38,42-44,46-49,51-52,54-56H,3-35,37,39-41H2,1-2H3,(H,50,53)/b38-36+. The first-order valence-corrected chi connectivity index (χ1v) is 24.9. The molecular weight excluding hydrogens is 731 g/mol. The summed E-state index contributed by atoms with van der Waals surface area (Å²) in [5, 5.41) is 54.1. The Bertz CT molecular complexity index is 919. The molecule has 7 unspecified atom stereocenters. The van der Waals surface area contributed by atoms with Gasteiger partial charge in [-0.15, -0.1) is 0 Å². The predicted octanol–water partition coefficient (Wildman–Crippen LogP) is 10.9. The van der Waals surface area contributed by atoms with E-state index in [2.05, 4.69) is 19.2 Å². The van der Waals surface area contributed by atoms with Crippen LogP contribution in [0.4, 0.5) is 0 Å². The van der Waals surface area contributed by atoms with Crippen LogP contribution in [0, 0.1) is 0 Å². The number of aliphatic hydroxyl groups excluding tert-OH is 5. The molecule has 0 spiro atoms. The van der Waals surface area contributed by atoms with Crippen LogP contribution in [0.3, 0.4) is 0 Å². The smallest absolute Gasteiger partial charge is 0.220 e. The molecule has 1 rings (SSSR count). The van der Waals surface area contributed by atoms with E-state index in [4.69, 9.17) is 9.47 Å². The Balaban J connectivity index is 2.17. The number of unbranched alkanes of at least 4 members (excludes halogenated alkanes) is 32. The van der Waals surface area contributed by atoms with Crippen molar-refractivity contribution in [3.63, 3.8) is 0 Å². The summed E-state index contributed by atoms with van der Waals surface area (Å²) in [6.07, 6.45) is 40.1. The molecule has 1 amide bonds. The van der Waals surface area contributed by atoms with Crippen LogP contribution in [-0.4, -0.2) is 87.5 Å². The van der Waals surface area contributed by atoms with E-state index in [-0.39, 0.29) is 12.5 Å². The molecule has 6 N–H and O–H groups in total. The number of nitrogens with one attached hydrogen (secondary N) is 1. The Labute approximate surface area is 356 Å². The lowest BCUT2D eigenvalue weighted by Gasteiger charge is -2.40. The topological polar surface area (TPSA) is 149 Å². The van der Waals surface area contributed by atoms with Gasteiger partial charge in [0.25, 0.3) is 0 Å². The van der Waals surface area contributed by atoms with Crippen LogP contribution in [-0.2, 0) is 14.3 Å². The molecule has 0 saturated carbocycles. The van der Waals surface area contributed by atoms with Crippen molar-refractivity contribution in [1.29, 1.82) is 0 Å². The van der Waals surface area contributed by atoms with Crippen molar-refractivity contribution in [3.05, 3.63) is 12.2 Å². The zero-order valence-electron chi connectivity index (χ0n) is 37.8. The lowest BCUT2D eigenvalue weighted by Crippen LogP contribution is -2.60. The van der Waals surface area contributed by atoms with Crippen LogP contribution in [0.5, 0.6) is 0 Å².